The molecule has 1 atom stereocenters. The number of ether oxygens (including phenoxy) is 1. The van der Waals surface area contributed by atoms with E-state index in [1.165, 1.54) is 6.26 Å². The van der Waals surface area contributed by atoms with Crippen LogP contribution in [0.3, 0.4) is 0 Å². The van der Waals surface area contributed by atoms with Gasteiger partial charge in [0.05, 0.1) is 6.26 Å². The van der Waals surface area contributed by atoms with Crippen molar-refractivity contribution in [1.29, 1.82) is 5.26 Å². The lowest BCUT2D eigenvalue weighted by Crippen LogP contribution is -2.52. The van der Waals surface area contributed by atoms with E-state index >= 15 is 0 Å². The van der Waals surface area contributed by atoms with Crippen molar-refractivity contribution in [3.05, 3.63) is 53.9 Å². The molecule has 1 fully saturated rings. The highest BCUT2D eigenvalue weighted by atomic mass is 16.5. The summed E-state index contributed by atoms with van der Waals surface area (Å²) < 4.78 is 16.9. The summed E-state index contributed by atoms with van der Waals surface area (Å²) in [5, 5.41) is 9.42. The average Bonchev–Trinajstić information content (AvgIpc) is 3.51. The number of oxazole rings is 1. The summed E-state index contributed by atoms with van der Waals surface area (Å²) in [6.07, 6.45) is 1.66. The minimum Gasteiger partial charge on any atom is -0.480 e. The summed E-state index contributed by atoms with van der Waals surface area (Å²) in [4.78, 5) is 20.8. The van der Waals surface area contributed by atoms with E-state index < -0.39 is 6.10 Å². The van der Waals surface area contributed by atoms with E-state index in [0.29, 0.717) is 44.2 Å². The SMILES string of the molecule is N#Cc1nc(-c2ccco2)oc1N1CCN(C(=O)C2Cc3ccccc3O2)CC1. The number of carbonyl (C=O) groups excluding carboxylic acids is 1. The van der Waals surface area contributed by atoms with Crippen molar-refractivity contribution in [2.45, 2.75) is 12.5 Å². The van der Waals surface area contributed by atoms with Crippen molar-refractivity contribution in [1.82, 2.24) is 9.88 Å². The summed E-state index contributed by atoms with van der Waals surface area (Å²) in [6.45, 7) is 2.15. The third kappa shape index (κ3) is 3.10. The lowest BCUT2D eigenvalue weighted by molar-refractivity contribution is -0.138. The molecule has 3 aromatic rings. The number of amides is 1. The minimum atomic E-state index is -0.468. The van der Waals surface area contributed by atoms with Gasteiger partial charge in [0.15, 0.2) is 11.9 Å². The molecule has 1 saturated heterocycles. The molecule has 146 valence electrons. The van der Waals surface area contributed by atoms with E-state index in [2.05, 4.69) is 11.1 Å². The van der Waals surface area contributed by atoms with Gasteiger partial charge in [0, 0.05) is 32.6 Å². The van der Waals surface area contributed by atoms with Crippen LogP contribution < -0.4 is 9.64 Å². The number of furan rings is 1. The highest BCUT2D eigenvalue weighted by Gasteiger charge is 2.34. The van der Waals surface area contributed by atoms with E-state index in [4.69, 9.17) is 13.6 Å². The Morgan fingerprint density at radius 1 is 1.14 bits per heavy atom. The van der Waals surface area contributed by atoms with Gasteiger partial charge < -0.3 is 23.4 Å². The maximum absolute atomic E-state index is 12.9. The number of anilines is 1. The first-order valence-electron chi connectivity index (χ1n) is 9.46. The molecule has 29 heavy (non-hydrogen) atoms. The molecule has 4 heterocycles. The zero-order valence-corrected chi connectivity index (χ0v) is 15.6. The monoisotopic (exact) mass is 390 g/mol. The van der Waals surface area contributed by atoms with Crippen LogP contribution in [0, 0.1) is 11.3 Å². The van der Waals surface area contributed by atoms with E-state index in [0.717, 1.165) is 11.3 Å². The number of aromatic nitrogens is 1. The number of rotatable bonds is 3. The summed E-state index contributed by atoms with van der Waals surface area (Å²) in [5.41, 5.74) is 1.28. The zero-order chi connectivity index (χ0) is 19.8. The molecule has 1 unspecified atom stereocenters. The fraction of sp³-hybridized carbons (Fsp3) is 0.286. The van der Waals surface area contributed by atoms with Gasteiger partial charge in [-0.1, -0.05) is 18.2 Å². The minimum absolute atomic E-state index is 0.00444. The Labute approximate surface area is 166 Å². The van der Waals surface area contributed by atoms with E-state index in [9.17, 15) is 10.1 Å². The van der Waals surface area contributed by atoms with Crippen molar-refractivity contribution in [3.63, 3.8) is 0 Å². The van der Waals surface area contributed by atoms with Gasteiger partial charge >= 0.3 is 0 Å². The van der Waals surface area contributed by atoms with Crippen LogP contribution in [0.15, 0.2) is 51.5 Å². The molecule has 0 N–H and O–H groups in total. The number of nitriles is 1. The molecule has 2 aliphatic rings. The molecular formula is C21H18N4O4. The molecular weight excluding hydrogens is 372 g/mol. The Balaban J connectivity index is 1.25. The largest absolute Gasteiger partial charge is 0.480 e. The lowest BCUT2D eigenvalue weighted by Gasteiger charge is -2.35. The second kappa shape index (κ2) is 7.02. The van der Waals surface area contributed by atoms with Crippen LogP contribution in [-0.2, 0) is 11.2 Å². The molecule has 0 aliphatic carbocycles. The fourth-order valence-electron chi connectivity index (χ4n) is 3.76. The van der Waals surface area contributed by atoms with E-state index in [1.807, 2.05) is 34.1 Å². The first-order valence-corrected chi connectivity index (χ1v) is 9.46. The first kappa shape index (κ1) is 17.4. The van der Waals surface area contributed by atoms with Crippen LogP contribution in [0.5, 0.6) is 5.75 Å². The van der Waals surface area contributed by atoms with Gasteiger partial charge in [0.2, 0.25) is 11.6 Å². The predicted molar refractivity (Wildman–Crippen MR) is 102 cm³/mol. The molecule has 1 amide bonds. The molecule has 0 saturated carbocycles. The predicted octanol–water partition coefficient (Wildman–Crippen LogP) is 2.46. The van der Waals surface area contributed by atoms with Gasteiger partial charge in [-0.05, 0) is 23.8 Å². The summed E-state index contributed by atoms with van der Waals surface area (Å²) >= 11 is 0. The second-order valence-electron chi connectivity index (χ2n) is 6.99. The average molecular weight is 390 g/mol. The third-order valence-corrected chi connectivity index (χ3v) is 5.25. The topological polar surface area (TPSA) is 95.7 Å². The molecule has 2 aliphatic heterocycles. The van der Waals surface area contributed by atoms with Crippen LogP contribution in [0.25, 0.3) is 11.7 Å². The normalized spacial score (nSPS) is 18.2. The smallest absolute Gasteiger partial charge is 0.266 e. The Morgan fingerprint density at radius 2 is 1.97 bits per heavy atom. The number of fused-ring (bicyclic) bond motifs is 1. The van der Waals surface area contributed by atoms with E-state index in [1.54, 1.807) is 12.1 Å². The number of nitrogens with zero attached hydrogens (tertiary/aromatic N) is 4. The van der Waals surface area contributed by atoms with Gasteiger partial charge in [-0.3, -0.25) is 4.79 Å². The molecule has 0 bridgehead atoms. The lowest BCUT2D eigenvalue weighted by atomic mass is 10.1. The first-order chi connectivity index (χ1) is 14.2. The molecule has 0 spiro atoms. The Kier molecular flexibility index (Phi) is 4.21. The van der Waals surface area contributed by atoms with Gasteiger partial charge in [-0.2, -0.15) is 10.2 Å². The maximum Gasteiger partial charge on any atom is 0.266 e. The van der Waals surface area contributed by atoms with Crippen LogP contribution in [-0.4, -0.2) is 48.1 Å². The quantitative estimate of drug-likeness (QED) is 0.678. The van der Waals surface area contributed by atoms with Crippen molar-refractivity contribution in [3.8, 4) is 23.5 Å². The zero-order valence-electron chi connectivity index (χ0n) is 15.6. The maximum atomic E-state index is 12.9. The second-order valence-corrected chi connectivity index (χ2v) is 6.99. The number of piperazine rings is 1. The molecule has 1 aromatic carbocycles. The van der Waals surface area contributed by atoms with Gasteiger partial charge in [0.25, 0.3) is 11.8 Å². The standard InChI is InChI=1S/C21H18N4O4/c22-13-15-21(29-19(23-15)17-6-3-11-27-17)25-9-7-24(8-10-25)20(26)18-12-14-4-1-2-5-16(14)28-18/h1-6,11,18H,7-10,12H2. The van der Waals surface area contributed by atoms with Gasteiger partial charge in [-0.25, -0.2) is 0 Å². The van der Waals surface area contributed by atoms with Crippen molar-refractivity contribution in [2.24, 2.45) is 0 Å². The van der Waals surface area contributed by atoms with Crippen LogP contribution >= 0.6 is 0 Å². The number of hydrogen-bond acceptors (Lipinski definition) is 7. The highest BCUT2D eigenvalue weighted by Crippen LogP contribution is 2.31. The van der Waals surface area contributed by atoms with E-state index in [-0.39, 0.29) is 17.5 Å². The van der Waals surface area contributed by atoms with Crippen molar-refractivity contribution < 1.29 is 18.4 Å². The third-order valence-electron chi connectivity index (χ3n) is 5.25. The Hall–Kier alpha value is -3.73. The number of benzene rings is 1. The number of hydrogen-bond donors (Lipinski definition) is 0. The molecule has 5 rings (SSSR count). The fourth-order valence-corrected chi connectivity index (χ4v) is 3.76. The Bertz CT molecular complexity index is 1050. The van der Waals surface area contributed by atoms with Gasteiger partial charge in [0.1, 0.15) is 11.8 Å². The summed E-state index contributed by atoms with van der Waals surface area (Å²) in [7, 11) is 0. The van der Waals surface area contributed by atoms with Crippen LogP contribution in [0.2, 0.25) is 0 Å². The van der Waals surface area contributed by atoms with Crippen LogP contribution in [0.4, 0.5) is 5.88 Å². The van der Waals surface area contributed by atoms with Crippen LogP contribution in [0.1, 0.15) is 11.3 Å². The summed E-state index contributed by atoms with van der Waals surface area (Å²) in [6, 6.07) is 13.3. The highest BCUT2D eigenvalue weighted by molar-refractivity contribution is 5.83. The molecule has 8 nitrogen and oxygen atoms in total. The Morgan fingerprint density at radius 3 is 2.69 bits per heavy atom. The number of para-hydroxylation sites is 1. The van der Waals surface area contributed by atoms with Gasteiger partial charge in [-0.15, -0.1) is 0 Å². The molecule has 0 radical (unpaired) electrons. The molecule has 8 heteroatoms. The molecule has 2 aromatic heterocycles. The number of carbonyl (C=O) groups is 1. The van der Waals surface area contributed by atoms with Crippen molar-refractivity contribution >= 4 is 11.8 Å². The van der Waals surface area contributed by atoms with Crippen molar-refractivity contribution in [2.75, 3.05) is 31.1 Å². The summed E-state index contributed by atoms with van der Waals surface area (Å²) in [5.74, 6) is 1.94.